The average Bonchev–Trinajstić information content (AvgIpc) is 2.84. The highest BCUT2D eigenvalue weighted by Crippen LogP contribution is 2.28. The molecule has 2 rings (SSSR count). The van der Waals surface area contributed by atoms with E-state index in [2.05, 4.69) is 4.98 Å². The van der Waals surface area contributed by atoms with Crippen molar-refractivity contribution in [2.24, 2.45) is 0 Å². The van der Waals surface area contributed by atoms with Crippen molar-refractivity contribution in [2.75, 3.05) is 5.88 Å². The number of halogens is 4. The van der Waals surface area contributed by atoms with Crippen molar-refractivity contribution in [1.29, 1.82) is 0 Å². The van der Waals surface area contributed by atoms with Gasteiger partial charge in [-0.3, -0.25) is 4.79 Å². The fraction of sp³-hybridized carbons (Fsp3) is 0.0909. The Kier molecular flexibility index (Phi) is 3.68. The van der Waals surface area contributed by atoms with Gasteiger partial charge < -0.3 is 0 Å². The lowest BCUT2D eigenvalue weighted by molar-refractivity contribution is 0.101. The molecule has 0 N–H and O–H groups in total. The van der Waals surface area contributed by atoms with Crippen LogP contribution in [0.5, 0.6) is 0 Å². The number of carbonyl (C=O) groups is 1. The van der Waals surface area contributed by atoms with Crippen LogP contribution in [0.15, 0.2) is 17.5 Å². The number of benzene rings is 1. The van der Waals surface area contributed by atoms with Crippen LogP contribution in [0, 0.1) is 17.5 Å². The first-order valence-corrected chi connectivity index (χ1v) is 6.14. The molecule has 94 valence electrons. The molecule has 0 saturated carbocycles. The van der Waals surface area contributed by atoms with E-state index in [0.29, 0.717) is 0 Å². The van der Waals surface area contributed by atoms with Gasteiger partial charge in [-0.2, -0.15) is 0 Å². The molecule has 18 heavy (non-hydrogen) atoms. The van der Waals surface area contributed by atoms with Crippen LogP contribution in [0.25, 0.3) is 10.6 Å². The minimum Gasteiger partial charge on any atom is -0.291 e. The second-order valence-corrected chi connectivity index (χ2v) is 4.44. The number of ketones is 1. The van der Waals surface area contributed by atoms with Gasteiger partial charge in [0.2, 0.25) is 0 Å². The van der Waals surface area contributed by atoms with Crippen LogP contribution in [-0.4, -0.2) is 16.6 Å². The summed E-state index contributed by atoms with van der Waals surface area (Å²) in [4.78, 5) is 15.1. The molecule has 0 radical (unpaired) electrons. The minimum atomic E-state index is -1.56. The van der Waals surface area contributed by atoms with Gasteiger partial charge in [0.15, 0.2) is 23.2 Å². The van der Waals surface area contributed by atoms with E-state index < -0.39 is 23.2 Å². The van der Waals surface area contributed by atoms with Crippen molar-refractivity contribution >= 4 is 28.7 Å². The highest BCUT2D eigenvalue weighted by molar-refractivity contribution is 7.13. The number of aromatic nitrogens is 1. The summed E-state index contributed by atoms with van der Waals surface area (Å²) < 4.78 is 39.3. The van der Waals surface area contributed by atoms with Gasteiger partial charge in [0.25, 0.3) is 0 Å². The third-order valence-corrected chi connectivity index (χ3v) is 3.30. The summed E-state index contributed by atoms with van der Waals surface area (Å²) >= 11 is 6.31. The average molecular weight is 292 g/mol. The SMILES string of the molecule is O=C(CCl)c1csc(-c2ccc(F)c(F)c2F)n1. The number of rotatable bonds is 3. The van der Waals surface area contributed by atoms with Crippen molar-refractivity contribution in [3.8, 4) is 10.6 Å². The maximum atomic E-state index is 13.5. The summed E-state index contributed by atoms with van der Waals surface area (Å²) in [5, 5.41) is 1.49. The lowest BCUT2D eigenvalue weighted by atomic mass is 10.2. The standard InChI is InChI=1S/C11H5ClF3NOS/c12-3-8(17)7-4-18-11(16-7)5-1-2-6(13)10(15)9(5)14/h1-2,4H,3H2. The van der Waals surface area contributed by atoms with Gasteiger partial charge in [-0.05, 0) is 12.1 Å². The summed E-state index contributed by atoms with van der Waals surface area (Å²) in [5.74, 6) is -4.82. The number of alkyl halides is 1. The summed E-state index contributed by atoms with van der Waals surface area (Å²) in [5.41, 5.74) is -0.110. The molecule has 0 aliphatic carbocycles. The maximum Gasteiger partial charge on any atom is 0.196 e. The first-order chi connectivity index (χ1) is 8.54. The lowest BCUT2D eigenvalue weighted by Gasteiger charge is -2.00. The first-order valence-electron chi connectivity index (χ1n) is 4.73. The molecule has 1 heterocycles. The molecular formula is C11H5ClF3NOS. The largest absolute Gasteiger partial charge is 0.291 e. The molecule has 0 bridgehead atoms. The van der Waals surface area contributed by atoms with Crippen LogP contribution in [0.4, 0.5) is 13.2 Å². The van der Waals surface area contributed by atoms with Crippen molar-refractivity contribution < 1.29 is 18.0 Å². The van der Waals surface area contributed by atoms with Crippen molar-refractivity contribution in [3.05, 3.63) is 40.7 Å². The van der Waals surface area contributed by atoms with Crippen LogP contribution >= 0.6 is 22.9 Å². The zero-order valence-corrected chi connectivity index (χ0v) is 10.3. The zero-order valence-electron chi connectivity index (χ0n) is 8.71. The van der Waals surface area contributed by atoms with Gasteiger partial charge in [0.1, 0.15) is 10.7 Å². The fourth-order valence-corrected chi connectivity index (χ4v) is 2.27. The quantitative estimate of drug-likeness (QED) is 0.491. The van der Waals surface area contributed by atoms with Crippen LogP contribution in [-0.2, 0) is 0 Å². The highest BCUT2D eigenvalue weighted by Gasteiger charge is 2.18. The van der Waals surface area contributed by atoms with Gasteiger partial charge in [0.05, 0.1) is 5.88 Å². The topological polar surface area (TPSA) is 30.0 Å². The molecule has 1 aromatic heterocycles. The van der Waals surface area contributed by atoms with Gasteiger partial charge in [0, 0.05) is 10.9 Å². The van der Waals surface area contributed by atoms with E-state index in [-0.39, 0.29) is 22.1 Å². The molecule has 0 unspecified atom stereocenters. The smallest absolute Gasteiger partial charge is 0.196 e. The predicted molar refractivity (Wildman–Crippen MR) is 62.5 cm³/mol. The van der Waals surface area contributed by atoms with Crippen LogP contribution in [0.2, 0.25) is 0 Å². The zero-order chi connectivity index (χ0) is 13.3. The third kappa shape index (κ3) is 2.26. The second kappa shape index (κ2) is 5.07. The van der Waals surface area contributed by atoms with E-state index >= 15 is 0 Å². The monoisotopic (exact) mass is 291 g/mol. The van der Waals surface area contributed by atoms with Crippen LogP contribution in [0.3, 0.4) is 0 Å². The summed E-state index contributed by atoms with van der Waals surface area (Å²) in [7, 11) is 0. The molecule has 0 aliphatic heterocycles. The minimum absolute atomic E-state index is 0.0779. The molecule has 7 heteroatoms. The highest BCUT2D eigenvalue weighted by atomic mass is 35.5. The van der Waals surface area contributed by atoms with Gasteiger partial charge in [-0.1, -0.05) is 0 Å². The number of hydrogen-bond donors (Lipinski definition) is 0. The van der Waals surface area contributed by atoms with E-state index in [1.807, 2.05) is 0 Å². The Bertz CT molecular complexity index is 614. The fourth-order valence-electron chi connectivity index (χ4n) is 1.29. The Hall–Kier alpha value is -1.40. The van der Waals surface area contributed by atoms with Gasteiger partial charge >= 0.3 is 0 Å². The summed E-state index contributed by atoms with van der Waals surface area (Å²) in [6.07, 6.45) is 0. The second-order valence-electron chi connectivity index (χ2n) is 3.32. The number of thiazole rings is 1. The normalized spacial score (nSPS) is 10.7. The van der Waals surface area contributed by atoms with Crippen LogP contribution in [0.1, 0.15) is 10.5 Å². The van der Waals surface area contributed by atoms with Gasteiger partial charge in [-0.25, -0.2) is 18.2 Å². The molecule has 0 saturated heterocycles. The lowest BCUT2D eigenvalue weighted by Crippen LogP contribution is -2.00. The molecular weight excluding hydrogens is 287 g/mol. The first kappa shape index (κ1) is 13.0. The van der Waals surface area contributed by atoms with Crippen LogP contribution < -0.4 is 0 Å². The number of Topliss-reactive ketones (excluding diaryl/α,β-unsaturated/α-hetero) is 1. The molecule has 2 aromatic rings. The van der Waals surface area contributed by atoms with E-state index in [1.165, 1.54) is 5.38 Å². The Morgan fingerprint density at radius 2 is 2.00 bits per heavy atom. The van der Waals surface area contributed by atoms with Crippen molar-refractivity contribution in [1.82, 2.24) is 4.98 Å². The number of carbonyl (C=O) groups excluding carboxylic acids is 1. The Labute approximate surface area is 109 Å². The van der Waals surface area contributed by atoms with Crippen molar-refractivity contribution in [3.63, 3.8) is 0 Å². The predicted octanol–water partition coefficient (Wildman–Crippen LogP) is 3.65. The maximum absolute atomic E-state index is 13.5. The molecule has 0 atom stereocenters. The Morgan fingerprint density at radius 3 is 2.67 bits per heavy atom. The number of hydrogen-bond acceptors (Lipinski definition) is 3. The molecule has 0 aliphatic rings. The molecule has 1 aromatic carbocycles. The Morgan fingerprint density at radius 1 is 1.28 bits per heavy atom. The third-order valence-electron chi connectivity index (χ3n) is 2.18. The van der Waals surface area contributed by atoms with E-state index in [0.717, 1.165) is 23.5 Å². The Balaban J connectivity index is 2.47. The summed E-state index contributed by atoms with van der Waals surface area (Å²) in [6, 6.07) is 1.87. The van der Waals surface area contributed by atoms with Gasteiger partial charge in [-0.15, -0.1) is 22.9 Å². The number of nitrogens with zero attached hydrogens (tertiary/aromatic N) is 1. The molecule has 0 amide bonds. The molecule has 0 spiro atoms. The summed E-state index contributed by atoms with van der Waals surface area (Å²) in [6.45, 7) is 0. The van der Waals surface area contributed by atoms with E-state index in [9.17, 15) is 18.0 Å². The van der Waals surface area contributed by atoms with Crippen molar-refractivity contribution in [2.45, 2.75) is 0 Å². The molecule has 2 nitrogen and oxygen atoms in total. The van der Waals surface area contributed by atoms with E-state index in [4.69, 9.17) is 11.6 Å². The van der Waals surface area contributed by atoms with E-state index in [1.54, 1.807) is 0 Å². The molecule has 0 fully saturated rings.